The molecule has 0 atom stereocenters. The molecule has 2 aromatic rings. The number of halogens is 2. The molecule has 4 nitrogen and oxygen atoms in total. The maximum absolute atomic E-state index is 12.4. The molecule has 0 spiro atoms. The Balaban J connectivity index is 2.15. The van der Waals surface area contributed by atoms with Crippen LogP contribution in [-0.2, 0) is 13.0 Å². The number of hydrogen-bond donors (Lipinski definition) is 0. The Morgan fingerprint density at radius 2 is 2.20 bits per heavy atom. The lowest BCUT2D eigenvalue weighted by Gasteiger charge is -2.16. The molecule has 0 unspecified atom stereocenters. The van der Waals surface area contributed by atoms with E-state index in [4.69, 9.17) is 16.0 Å². The number of hydrogen-bond acceptors (Lipinski definition) is 3. The fourth-order valence-corrected chi connectivity index (χ4v) is 2.38. The Morgan fingerprint density at radius 1 is 1.45 bits per heavy atom. The zero-order valence-corrected chi connectivity index (χ0v) is 13.5. The van der Waals surface area contributed by atoms with Gasteiger partial charge in [-0.3, -0.25) is 4.79 Å². The SMILES string of the molecule is CCc1cc(C(=O)N(C)Cc2ccc(Br)o2)cc(Cl)n1. The maximum atomic E-state index is 12.4. The lowest BCUT2D eigenvalue weighted by atomic mass is 10.2. The van der Waals surface area contributed by atoms with Crippen molar-refractivity contribution in [2.75, 3.05) is 7.05 Å². The summed E-state index contributed by atoms with van der Waals surface area (Å²) in [4.78, 5) is 18.1. The summed E-state index contributed by atoms with van der Waals surface area (Å²) in [6, 6.07) is 6.97. The smallest absolute Gasteiger partial charge is 0.254 e. The fraction of sp³-hybridized carbons (Fsp3) is 0.286. The first-order chi connectivity index (χ1) is 9.49. The van der Waals surface area contributed by atoms with Gasteiger partial charge in [-0.15, -0.1) is 0 Å². The molecule has 2 rings (SSSR count). The number of furan rings is 1. The quantitative estimate of drug-likeness (QED) is 0.779. The minimum Gasteiger partial charge on any atom is -0.452 e. The van der Waals surface area contributed by atoms with Gasteiger partial charge in [0.25, 0.3) is 5.91 Å². The molecular formula is C14H14BrClN2O2. The van der Waals surface area contributed by atoms with Gasteiger partial charge in [-0.1, -0.05) is 18.5 Å². The van der Waals surface area contributed by atoms with Gasteiger partial charge < -0.3 is 9.32 Å². The minimum absolute atomic E-state index is 0.114. The van der Waals surface area contributed by atoms with Crippen LogP contribution in [0.1, 0.15) is 28.7 Å². The number of pyridine rings is 1. The topological polar surface area (TPSA) is 46.3 Å². The second-order valence-electron chi connectivity index (χ2n) is 4.39. The molecule has 0 N–H and O–H groups in total. The first-order valence-electron chi connectivity index (χ1n) is 6.15. The number of aromatic nitrogens is 1. The molecule has 2 aromatic heterocycles. The van der Waals surface area contributed by atoms with E-state index in [1.165, 1.54) is 0 Å². The van der Waals surface area contributed by atoms with Gasteiger partial charge >= 0.3 is 0 Å². The molecule has 0 aromatic carbocycles. The summed E-state index contributed by atoms with van der Waals surface area (Å²) >= 11 is 9.17. The normalized spacial score (nSPS) is 10.6. The highest BCUT2D eigenvalue weighted by molar-refractivity contribution is 9.10. The first-order valence-corrected chi connectivity index (χ1v) is 7.33. The highest BCUT2D eigenvalue weighted by atomic mass is 79.9. The molecule has 0 aliphatic heterocycles. The van der Waals surface area contributed by atoms with Crippen LogP contribution in [0.4, 0.5) is 0 Å². The highest BCUT2D eigenvalue weighted by Crippen LogP contribution is 2.17. The molecular weight excluding hydrogens is 344 g/mol. The van der Waals surface area contributed by atoms with Crippen molar-refractivity contribution in [2.45, 2.75) is 19.9 Å². The lowest BCUT2D eigenvalue weighted by molar-refractivity contribution is 0.0775. The summed E-state index contributed by atoms with van der Waals surface area (Å²) in [6.45, 7) is 2.36. The largest absolute Gasteiger partial charge is 0.452 e. The van der Waals surface area contributed by atoms with E-state index < -0.39 is 0 Å². The summed E-state index contributed by atoms with van der Waals surface area (Å²) in [5, 5.41) is 0.335. The van der Waals surface area contributed by atoms with Crippen molar-refractivity contribution < 1.29 is 9.21 Å². The zero-order valence-electron chi connectivity index (χ0n) is 11.2. The molecule has 106 valence electrons. The molecule has 6 heteroatoms. The van der Waals surface area contributed by atoms with Gasteiger partial charge in [0.2, 0.25) is 0 Å². The average molecular weight is 358 g/mol. The molecule has 0 aliphatic carbocycles. The van der Waals surface area contributed by atoms with Crippen LogP contribution in [0.2, 0.25) is 5.15 Å². The van der Waals surface area contributed by atoms with Gasteiger partial charge in [0.15, 0.2) is 4.67 Å². The first kappa shape index (κ1) is 15.1. The van der Waals surface area contributed by atoms with Crippen molar-refractivity contribution in [3.8, 4) is 0 Å². The Bertz CT molecular complexity index is 627. The van der Waals surface area contributed by atoms with Crippen LogP contribution in [0.25, 0.3) is 0 Å². The Morgan fingerprint density at radius 3 is 2.80 bits per heavy atom. The van der Waals surface area contributed by atoms with Gasteiger partial charge in [-0.25, -0.2) is 4.98 Å². The van der Waals surface area contributed by atoms with Crippen molar-refractivity contribution in [2.24, 2.45) is 0 Å². The molecule has 0 radical (unpaired) electrons. The van der Waals surface area contributed by atoms with Crippen LogP contribution in [0.5, 0.6) is 0 Å². The van der Waals surface area contributed by atoms with E-state index in [1.807, 2.05) is 13.0 Å². The van der Waals surface area contributed by atoms with E-state index in [0.717, 1.165) is 12.1 Å². The summed E-state index contributed by atoms with van der Waals surface area (Å²) in [5.74, 6) is 0.597. The third kappa shape index (κ3) is 3.61. The van der Waals surface area contributed by atoms with Crippen LogP contribution in [0.3, 0.4) is 0 Å². The zero-order chi connectivity index (χ0) is 14.7. The van der Waals surface area contributed by atoms with E-state index in [2.05, 4.69) is 20.9 Å². The molecule has 0 aliphatic rings. The van der Waals surface area contributed by atoms with E-state index in [9.17, 15) is 4.79 Å². The summed E-state index contributed by atoms with van der Waals surface area (Å²) < 4.78 is 6.04. The summed E-state index contributed by atoms with van der Waals surface area (Å²) in [7, 11) is 1.72. The van der Waals surface area contributed by atoms with Gasteiger partial charge in [0.05, 0.1) is 6.54 Å². The molecule has 1 amide bonds. The fourth-order valence-electron chi connectivity index (χ4n) is 1.82. The number of rotatable bonds is 4. The average Bonchev–Trinajstić information content (AvgIpc) is 2.82. The van der Waals surface area contributed by atoms with Gasteiger partial charge in [0.1, 0.15) is 10.9 Å². The van der Waals surface area contributed by atoms with Crippen LogP contribution in [0.15, 0.2) is 33.4 Å². The number of amides is 1. The maximum Gasteiger partial charge on any atom is 0.254 e. The minimum atomic E-state index is -0.114. The summed E-state index contributed by atoms with van der Waals surface area (Å²) in [6.07, 6.45) is 0.732. The Hall–Kier alpha value is -1.33. The number of carbonyl (C=O) groups excluding carboxylic acids is 1. The monoisotopic (exact) mass is 356 g/mol. The molecule has 0 saturated heterocycles. The van der Waals surface area contributed by atoms with E-state index in [0.29, 0.717) is 27.7 Å². The van der Waals surface area contributed by atoms with Crippen LogP contribution in [0, 0.1) is 0 Å². The molecule has 0 bridgehead atoms. The molecule has 2 heterocycles. The second kappa shape index (κ2) is 6.41. The molecule has 0 fully saturated rings. The number of aryl methyl sites for hydroxylation is 1. The lowest BCUT2D eigenvalue weighted by Crippen LogP contribution is -2.26. The third-order valence-electron chi connectivity index (χ3n) is 2.82. The van der Waals surface area contributed by atoms with Crippen LogP contribution >= 0.6 is 27.5 Å². The van der Waals surface area contributed by atoms with E-state index in [1.54, 1.807) is 30.1 Å². The summed E-state index contributed by atoms with van der Waals surface area (Å²) in [5.41, 5.74) is 1.34. The van der Waals surface area contributed by atoms with Crippen molar-refractivity contribution in [1.29, 1.82) is 0 Å². The van der Waals surface area contributed by atoms with Gasteiger partial charge in [-0.05, 0) is 46.6 Å². The van der Waals surface area contributed by atoms with Crippen molar-refractivity contribution in [3.63, 3.8) is 0 Å². The third-order valence-corrected chi connectivity index (χ3v) is 3.44. The van der Waals surface area contributed by atoms with Crippen molar-refractivity contribution >= 4 is 33.4 Å². The standard InChI is InChI=1S/C14H14BrClN2O2/c1-3-10-6-9(7-13(16)17-10)14(19)18(2)8-11-4-5-12(15)20-11/h4-7H,3,8H2,1-2H3. The van der Waals surface area contributed by atoms with Crippen molar-refractivity contribution in [3.05, 3.63) is 51.1 Å². The van der Waals surface area contributed by atoms with Crippen molar-refractivity contribution in [1.82, 2.24) is 9.88 Å². The van der Waals surface area contributed by atoms with E-state index >= 15 is 0 Å². The number of nitrogens with zero attached hydrogens (tertiary/aromatic N) is 2. The second-order valence-corrected chi connectivity index (χ2v) is 5.56. The van der Waals surface area contributed by atoms with Crippen LogP contribution < -0.4 is 0 Å². The predicted molar refractivity (Wildman–Crippen MR) is 80.8 cm³/mol. The van der Waals surface area contributed by atoms with Gasteiger partial charge in [-0.2, -0.15) is 0 Å². The Labute approximate surface area is 130 Å². The van der Waals surface area contributed by atoms with Gasteiger partial charge in [0, 0.05) is 18.3 Å². The predicted octanol–water partition coefficient (Wildman–Crippen LogP) is 3.93. The van der Waals surface area contributed by atoms with E-state index in [-0.39, 0.29) is 5.91 Å². The molecule has 0 saturated carbocycles. The number of carbonyl (C=O) groups is 1. The molecule has 20 heavy (non-hydrogen) atoms. The van der Waals surface area contributed by atoms with Crippen LogP contribution in [-0.4, -0.2) is 22.8 Å². The highest BCUT2D eigenvalue weighted by Gasteiger charge is 2.15. The Kier molecular flexibility index (Phi) is 4.83.